The zero-order valence-electron chi connectivity index (χ0n) is 16.0. The monoisotopic (exact) mass is 383 g/mol. The zero-order valence-corrected chi connectivity index (χ0v) is 16.8. The second-order valence-electron chi connectivity index (χ2n) is 7.41. The predicted octanol–water partition coefficient (Wildman–Crippen LogP) is 5.00. The highest BCUT2D eigenvalue weighted by Gasteiger charge is 2.37. The highest BCUT2D eigenvalue weighted by atomic mass is 32.2. The van der Waals surface area contributed by atoms with Crippen molar-refractivity contribution in [1.29, 1.82) is 0 Å². The number of rotatable bonds is 4. The van der Waals surface area contributed by atoms with Crippen molar-refractivity contribution in [3.8, 4) is 0 Å². The predicted molar refractivity (Wildman–Crippen MR) is 109 cm³/mol. The Balaban J connectivity index is 1.74. The van der Waals surface area contributed by atoms with Crippen LogP contribution in [0.15, 0.2) is 42.5 Å². The summed E-state index contributed by atoms with van der Waals surface area (Å²) in [4.78, 5) is 23.4. The minimum atomic E-state index is -0.996. The molecular formula is C22H25NO3S. The summed E-state index contributed by atoms with van der Waals surface area (Å²) in [6, 6.07) is 12.5. The largest absolute Gasteiger partial charge is 0.478 e. The van der Waals surface area contributed by atoms with Crippen LogP contribution in [0.4, 0.5) is 0 Å². The van der Waals surface area contributed by atoms with E-state index >= 15 is 0 Å². The van der Waals surface area contributed by atoms with E-state index in [2.05, 4.69) is 50.6 Å². The summed E-state index contributed by atoms with van der Waals surface area (Å²) in [7, 11) is 0. The van der Waals surface area contributed by atoms with Gasteiger partial charge in [-0.2, -0.15) is 0 Å². The molecule has 0 spiro atoms. The van der Waals surface area contributed by atoms with E-state index < -0.39 is 5.97 Å². The summed E-state index contributed by atoms with van der Waals surface area (Å²) in [6.45, 7) is 8.92. The fourth-order valence-corrected chi connectivity index (χ4v) is 5.22. The van der Waals surface area contributed by atoms with Crippen LogP contribution in [0.1, 0.15) is 70.0 Å². The summed E-state index contributed by atoms with van der Waals surface area (Å²) >= 11 is 1.48. The SMILES string of the molecule is Cc1cccc2c1C(C)C(C)C(SNC(=O)c1ccc(C(=O)O)cc1)C2C. The molecule has 0 saturated heterocycles. The quantitative estimate of drug-likeness (QED) is 0.730. The summed E-state index contributed by atoms with van der Waals surface area (Å²) < 4.78 is 2.97. The fourth-order valence-electron chi connectivity index (χ4n) is 4.06. The molecule has 2 aromatic carbocycles. The summed E-state index contributed by atoms with van der Waals surface area (Å²) in [5.41, 5.74) is 4.80. The third kappa shape index (κ3) is 3.74. The summed E-state index contributed by atoms with van der Waals surface area (Å²) in [5, 5.41) is 9.24. The molecule has 4 nitrogen and oxygen atoms in total. The van der Waals surface area contributed by atoms with Gasteiger partial charge in [0.25, 0.3) is 5.91 Å². The maximum Gasteiger partial charge on any atom is 0.335 e. The number of nitrogens with one attached hydrogen (secondary N) is 1. The lowest BCUT2D eigenvalue weighted by atomic mass is 9.70. The first kappa shape index (κ1) is 19.5. The molecule has 1 aliphatic carbocycles. The number of hydrogen-bond acceptors (Lipinski definition) is 3. The van der Waals surface area contributed by atoms with E-state index in [4.69, 9.17) is 5.11 Å². The maximum atomic E-state index is 12.5. The molecule has 0 aromatic heterocycles. The smallest absolute Gasteiger partial charge is 0.335 e. The number of carbonyl (C=O) groups excluding carboxylic acids is 1. The molecule has 0 aliphatic heterocycles. The van der Waals surface area contributed by atoms with E-state index in [0.717, 1.165) is 0 Å². The first-order chi connectivity index (χ1) is 12.8. The zero-order chi connectivity index (χ0) is 19.7. The van der Waals surface area contributed by atoms with Gasteiger partial charge < -0.3 is 5.11 Å². The lowest BCUT2D eigenvalue weighted by Crippen LogP contribution is -2.35. The van der Waals surface area contributed by atoms with Crippen LogP contribution in [-0.4, -0.2) is 22.2 Å². The standard InChI is InChI=1S/C22H25NO3S/c1-12-6-5-7-18-15(4)20(14(3)13(2)19(12)18)27-23-21(24)16-8-10-17(11-9-16)22(25)26/h5-11,13-15,20H,1-4H3,(H,23,24)(H,25,26). The Hall–Kier alpha value is -2.27. The fraction of sp³-hybridized carbons (Fsp3) is 0.364. The van der Waals surface area contributed by atoms with Crippen molar-refractivity contribution < 1.29 is 14.7 Å². The molecule has 0 bridgehead atoms. The normalized spacial score (nSPS) is 24.1. The van der Waals surface area contributed by atoms with Crippen molar-refractivity contribution in [3.63, 3.8) is 0 Å². The molecule has 0 radical (unpaired) electrons. The van der Waals surface area contributed by atoms with E-state index in [1.54, 1.807) is 12.1 Å². The summed E-state index contributed by atoms with van der Waals surface area (Å²) in [6.07, 6.45) is 0. The number of aromatic carboxylic acids is 1. The molecule has 2 aromatic rings. The molecule has 0 heterocycles. The maximum absolute atomic E-state index is 12.5. The molecule has 5 heteroatoms. The van der Waals surface area contributed by atoms with Gasteiger partial charge in [-0.15, -0.1) is 0 Å². The van der Waals surface area contributed by atoms with Crippen LogP contribution in [0.25, 0.3) is 0 Å². The molecule has 142 valence electrons. The van der Waals surface area contributed by atoms with Crippen LogP contribution < -0.4 is 4.72 Å². The Labute approximate surface area is 164 Å². The van der Waals surface area contributed by atoms with Gasteiger partial charge in [0.15, 0.2) is 0 Å². The Morgan fingerprint density at radius 2 is 1.59 bits per heavy atom. The van der Waals surface area contributed by atoms with Crippen molar-refractivity contribution in [1.82, 2.24) is 4.72 Å². The van der Waals surface area contributed by atoms with Gasteiger partial charge in [0, 0.05) is 10.8 Å². The highest BCUT2D eigenvalue weighted by Crippen LogP contribution is 2.47. The van der Waals surface area contributed by atoms with Crippen molar-refractivity contribution in [2.75, 3.05) is 0 Å². The van der Waals surface area contributed by atoms with E-state index in [0.29, 0.717) is 23.3 Å². The number of carboxylic acids is 1. The molecule has 1 aliphatic rings. The highest BCUT2D eigenvalue weighted by molar-refractivity contribution is 7.98. The van der Waals surface area contributed by atoms with Crippen LogP contribution in [0.2, 0.25) is 0 Å². The van der Waals surface area contributed by atoms with Crippen molar-refractivity contribution in [3.05, 3.63) is 70.3 Å². The van der Waals surface area contributed by atoms with Gasteiger partial charge in [0.1, 0.15) is 0 Å². The molecule has 0 fully saturated rings. The molecule has 3 rings (SSSR count). The molecule has 4 atom stereocenters. The number of fused-ring (bicyclic) bond motifs is 1. The minimum absolute atomic E-state index is 0.175. The lowest BCUT2D eigenvalue weighted by Gasteiger charge is -2.40. The van der Waals surface area contributed by atoms with Gasteiger partial charge in [-0.25, -0.2) is 4.79 Å². The Morgan fingerprint density at radius 3 is 2.22 bits per heavy atom. The van der Waals surface area contributed by atoms with E-state index in [9.17, 15) is 9.59 Å². The minimum Gasteiger partial charge on any atom is -0.478 e. The topological polar surface area (TPSA) is 66.4 Å². The van der Waals surface area contributed by atoms with E-state index in [1.165, 1.54) is 40.8 Å². The van der Waals surface area contributed by atoms with Crippen LogP contribution in [-0.2, 0) is 0 Å². The van der Waals surface area contributed by atoms with Crippen LogP contribution in [0.3, 0.4) is 0 Å². The van der Waals surface area contributed by atoms with Crippen LogP contribution in [0.5, 0.6) is 0 Å². The van der Waals surface area contributed by atoms with E-state index in [1.807, 2.05) is 0 Å². The first-order valence-electron chi connectivity index (χ1n) is 9.20. The average molecular weight is 384 g/mol. The number of hydrogen-bond donors (Lipinski definition) is 2. The second kappa shape index (κ2) is 7.77. The molecular weight excluding hydrogens is 358 g/mol. The van der Waals surface area contributed by atoms with Gasteiger partial charge in [-0.05, 0) is 77.6 Å². The Kier molecular flexibility index (Phi) is 5.61. The Morgan fingerprint density at radius 1 is 0.963 bits per heavy atom. The second-order valence-corrected chi connectivity index (χ2v) is 8.39. The third-order valence-electron chi connectivity index (χ3n) is 5.79. The van der Waals surface area contributed by atoms with Gasteiger partial charge in [0.2, 0.25) is 0 Å². The Bertz CT molecular complexity index is 862. The molecule has 1 amide bonds. The number of amides is 1. The molecule has 0 saturated carbocycles. The molecule has 2 N–H and O–H groups in total. The van der Waals surface area contributed by atoms with Crippen molar-refractivity contribution in [2.45, 2.75) is 44.8 Å². The van der Waals surface area contributed by atoms with Crippen molar-refractivity contribution >= 4 is 23.8 Å². The van der Waals surface area contributed by atoms with Crippen molar-refractivity contribution in [2.24, 2.45) is 5.92 Å². The third-order valence-corrected chi connectivity index (χ3v) is 7.20. The number of benzene rings is 2. The number of carboxylic acid groups (broad SMARTS) is 1. The lowest BCUT2D eigenvalue weighted by molar-refractivity contribution is 0.0696. The number of carbonyl (C=O) groups is 2. The van der Waals surface area contributed by atoms with Gasteiger partial charge in [-0.1, -0.05) is 39.0 Å². The summed E-state index contributed by atoms with van der Waals surface area (Å²) in [5.74, 6) is 0.00360. The average Bonchev–Trinajstić information content (AvgIpc) is 2.66. The number of aryl methyl sites for hydroxylation is 1. The first-order valence-corrected chi connectivity index (χ1v) is 10.1. The molecule has 4 unspecified atom stereocenters. The molecule has 27 heavy (non-hydrogen) atoms. The van der Waals surface area contributed by atoms with Crippen LogP contribution in [0, 0.1) is 12.8 Å². The van der Waals surface area contributed by atoms with Crippen LogP contribution >= 0.6 is 11.9 Å². The van der Waals surface area contributed by atoms with Gasteiger partial charge >= 0.3 is 5.97 Å². The van der Waals surface area contributed by atoms with E-state index in [-0.39, 0.29) is 16.7 Å². The van der Waals surface area contributed by atoms with Gasteiger partial charge in [0.05, 0.1) is 5.56 Å². The van der Waals surface area contributed by atoms with Gasteiger partial charge in [-0.3, -0.25) is 9.52 Å².